The first-order valence-corrected chi connectivity index (χ1v) is 4.69. The monoisotopic (exact) mass is 211 g/mol. The lowest BCUT2D eigenvalue weighted by Gasteiger charge is -2.05. The second kappa shape index (κ2) is 2.97. The average Bonchev–Trinajstić information content (AvgIpc) is 2.81. The van der Waals surface area contributed by atoms with E-state index in [1.807, 2.05) is 12.1 Å². The van der Waals surface area contributed by atoms with E-state index in [9.17, 15) is 4.79 Å². The minimum atomic E-state index is -1.06. The molecule has 1 aromatic carbocycles. The van der Waals surface area contributed by atoms with Gasteiger partial charge < -0.3 is 10.8 Å². The highest BCUT2D eigenvalue weighted by Gasteiger charge is 2.58. The van der Waals surface area contributed by atoms with Crippen molar-refractivity contribution in [2.75, 3.05) is 0 Å². The summed E-state index contributed by atoms with van der Waals surface area (Å²) in [4.78, 5) is 10.8. The number of carbonyl (C=O) groups is 1. The maximum absolute atomic E-state index is 10.8. The SMILES string of the molecule is N[C@@]1(C(=O)O)C[C@H]1c1ccc(Cl)cc1. The minimum Gasteiger partial charge on any atom is -0.480 e. The fourth-order valence-corrected chi connectivity index (χ4v) is 1.75. The molecule has 0 unspecified atom stereocenters. The number of benzene rings is 1. The molecule has 0 amide bonds. The molecule has 1 aliphatic carbocycles. The Balaban J connectivity index is 2.21. The Kier molecular flexibility index (Phi) is 2.01. The molecular formula is C10H10ClNO2. The lowest BCUT2D eigenvalue weighted by atomic mass is 10.1. The van der Waals surface area contributed by atoms with Crippen molar-refractivity contribution in [1.82, 2.24) is 0 Å². The zero-order valence-corrected chi connectivity index (χ0v) is 8.16. The van der Waals surface area contributed by atoms with E-state index in [2.05, 4.69) is 0 Å². The minimum absolute atomic E-state index is 0.0720. The molecule has 1 saturated carbocycles. The molecule has 1 fully saturated rings. The Morgan fingerprint density at radius 3 is 2.50 bits per heavy atom. The number of nitrogens with two attached hydrogens (primary N) is 1. The second-order valence-electron chi connectivity index (χ2n) is 3.65. The van der Waals surface area contributed by atoms with E-state index >= 15 is 0 Å². The topological polar surface area (TPSA) is 63.3 Å². The van der Waals surface area contributed by atoms with E-state index in [1.54, 1.807) is 12.1 Å². The standard InChI is InChI=1S/C10H10ClNO2/c11-7-3-1-6(2-4-7)8-5-10(8,12)9(13)14/h1-4,8H,5,12H2,(H,13,14)/t8-,10-/m0/s1. The molecule has 2 atom stereocenters. The third-order valence-electron chi connectivity index (χ3n) is 2.67. The quantitative estimate of drug-likeness (QED) is 0.781. The van der Waals surface area contributed by atoms with Crippen molar-refractivity contribution >= 4 is 17.6 Å². The fraction of sp³-hybridized carbons (Fsp3) is 0.300. The van der Waals surface area contributed by atoms with Gasteiger partial charge >= 0.3 is 5.97 Å². The summed E-state index contributed by atoms with van der Waals surface area (Å²) < 4.78 is 0. The van der Waals surface area contributed by atoms with Crippen LogP contribution in [-0.2, 0) is 4.79 Å². The molecule has 0 heterocycles. The molecule has 3 N–H and O–H groups in total. The van der Waals surface area contributed by atoms with Crippen LogP contribution in [0, 0.1) is 0 Å². The molecule has 0 spiro atoms. The summed E-state index contributed by atoms with van der Waals surface area (Å²) in [5, 5.41) is 9.49. The molecule has 2 rings (SSSR count). The zero-order chi connectivity index (χ0) is 10.3. The predicted molar refractivity (Wildman–Crippen MR) is 53.4 cm³/mol. The van der Waals surface area contributed by atoms with Crippen molar-refractivity contribution in [3.8, 4) is 0 Å². The van der Waals surface area contributed by atoms with Gasteiger partial charge in [0.2, 0.25) is 0 Å². The third kappa shape index (κ3) is 1.38. The fourth-order valence-electron chi connectivity index (χ4n) is 1.63. The van der Waals surface area contributed by atoms with Crippen molar-refractivity contribution in [3.05, 3.63) is 34.9 Å². The Morgan fingerprint density at radius 2 is 2.07 bits per heavy atom. The largest absolute Gasteiger partial charge is 0.480 e. The molecule has 0 saturated heterocycles. The molecule has 0 bridgehead atoms. The number of halogens is 1. The molecule has 74 valence electrons. The van der Waals surface area contributed by atoms with E-state index < -0.39 is 11.5 Å². The number of hydrogen-bond donors (Lipinski definition) is 2. The molecule has 0 radical (unpaired) electrons. The lowest BCUT2D eigenvalue weighted by molar-refractivity contribution is -0.139. The number of hydrogen-bond acceptors (Lipinski definition) is 2. The van der Waals surface area contributed by atoms with Crippen LogP contribution in [0.2, 0.25) is 5.02 Å². The average molecular weight is 212 g/mol. The summed E-state index contributed by atoms with van der Waals surface area (Å²) in [7, 11) is 0. The molecule has 4 heteroatoms. The zero-order valence-electron chi connectivity index (χ0n) is 7.40. The number of carboxylic acid groups (broad SMARTS) is 1. The maximum atomic E-state index is 10.8. The number of rotatable bonds is 2. The van der Waals surface area contributed by atoms with E-state index in [1.165, 1.54) is 0 Å². The van der Waals surface area contributed by atoms with E-state index in [-0.39, 0.29) is 5.92 Å². The molecule has 0 aliphatic heterocycles. The van der Waals surface area contributed by atoms with Gasteiger partial charge in [0.15, 0.2) is 0 Å². The van der Waals surface area contributed by atoms with Gasteiger partial charge in [0.1, 0.15) is 5.54 Å². The third-order valence-corrected chi connectivity index (χ3v) is 2.93. The second-order valence-corrected chi connectivity index (χ2v) is 4.09. The molecule has 14 heavy (non-hydrogen) atoms. The highest BCUT2D eigenvalue weighted by Crippen LogP contribution is 2.49. The van der Waals surface area contributed by atoms with Crippen LogP contribution in [0.15, 0.2) is 24.3 Å². The number of carboxylic acids is 1. The first kappa shape index (κ1) is 9.49. The van der Waals surface area contributed by atoms with Crippen LogP contribution in [0.4, 0.5) is 0 Å². The molecule has 1 aromatic rings. The van der Waals surface area contributed by atoms with Crippen LogP contribution in [0.25, 0.3) is 0 Å². The lowest BCUT2D eigenvalue weighted by Crippen LogP contribution is -2.34. The Hall–Kier alpha value is -1.06. The molecular weight excluding hydrogens is 202 g/mol. The summed E-state index contributed by atoms with van der Waals surface area (Å²) in [6.07, 6.45) is 0.504. The van der Waals surface area contributed by atoms with E-state index in [0.717, 1.165) is 5.56 Å². The van der Waals surface area contributed by atoms with Gasteiger partial charge in [0.05, 0.1) is 0 Å². The maximum Gasteiger partial charge on any atom is 0.324 e. The van der Waals surface area contributed by atoms with Gasteiger partial charge in [-0.3, -0.25) is 4.79 Å². The van der Waals surface area contributed by atoms with Crippen LogP contribution >= 0.6 is 11.6 Å². The van der Waals surface area contributed by atoms with Crippen LogP contribution in [0.3, 0.4) is 0 Å². The van der Waals surface area contributed by atoms with Crippen molar-refractivity contribution in [1.29, 1.82) is 0 Å². The summed E-state index contributed by atoms with van der Waals surface area (Å²) in [5.41, 5.74) is 5.55. The van der Waals surface area contributed by atoms with Gasteiger partial charge in [-0.05, 0) is 24.1 Å². The van der Waals surface area contributed by atoms with Crippen molar-refractivity contribution < 1.29 is 9.90 Å². The Morgan fingerprint density at radius 1 is 1.50 bits per heavy atom. The van der Waals surface area contributed by atoms with Crippen LogP contribution in [0.1, 0.15) is 17.9 Å². The first-order valence-electron chi connectivity index (χ1n) is 4.32. The summed E-state index contributed by atoms with van der Waals surface area (Å²) in [6, 6.07) is 7.14. The van der Waals surface area contributed by atoms with Crippen molar-refractivity contribution in [2.24, 2.45) is 5.73 Å². The van der Waals surface area contributed by atoms with Crippen LogP contribution in [-0.4, -0.2) is 16.6 Å². The molecule has 1 aliphatic rings. The summed E-state index contributed by atoms with van der Waals surface area (Å²) >= 11 is 5.72. The predicted octanol–water partition coefficient (Wildman–Crippen LogP) is 1.61. The van der Waals surface area contributed by atoms with Crippen LogP contribution < -0.4 is 5.73 Å². The van der Waals surface area contributed by atoms with Crippen molar-refractivity contribution in [3.63, 3.8) is 0 Å². The molecule has 3 nitrogen and oxygen atoms in total. The van der Waals surface area contributed by atoms with Gasteiger partial charge in [0.25, 0.3) is 0 Å². The van der Waals surface area contributed by atoms with Gasteiger partial charge in [-0.2, -0.15) is 0 Å². The number of aliphatic carboxylic acids is 1. The first-order chi connectivity index (χ1) is 6.54. The van der Waals surface area contributed by atoms with Crippen LogP contribution in [0.5, 0.6) is 0 Å². The van der Waals surface area contributed by atoms with Gasteiger partial charge in [0, 0.05) is 10.9 Å². The van der Waals surface area contributed by atoms with Gasteiger partial charge in [-0.25, -0.2) is 0 Å². The Labute approximate surface area is 86.5 Å². The summed E-state index contributed by atoms with van der Waals surface area (Å²) in [6.45, 7) is 0. The van der Waals surface area contributed by atoms with E-state index in [4.69, 9.17) is 22.4 Å². The van der Waals surface area contributed by atoms with Gasteiger partial charge in [-0.1, -0.05) is 23.7 Å². The summed E-state index contributed by atoms with van der Waals surface area (Å²) in [5.74, 6) is -1.00. The van der Waals surface area contributed by atoms with E-state index in [0.29, 0.717) is 11.4 Å². The van der Waals surface area contributed by atoms with Crippen molar-refractivity contribution in [2.45, 2.75) is 17.9 Å². The highest BCUT2D eigenvalue weighted by molar-refractivity contribution is 6.30. The normalized spacial score (nSPS) is 30.0. The van der Waals surface area contributed by atoms with Gasteiger partial charge in [-0.15, -0.1) is 0 Å². The Bertz CT molecular complexity index is 376. The highest BCUT2D eigenvalue weighted by atomic mass is 35.5. The smallest absolute Gasteiger partial charge is 0.324 e. The molecule has 0 aromatic heterocycles.